The van der Waals surface area contributed by atoms with E-state index in [1.165, 1.54) is 11.3 Å². The van der Waals surface area contributed by atoms with Crippen LogP contribution in [-0.2, 0) is 17.6 Å². The summed E-state index contributed by atoms with van der Waals surface area (Å²) in [5.74, 6) is -0.0319. The van der Waals surface area contributed by atoms with E-state index in [1.54, 1.807) is 12.3 Å². The predicted octanol–water partition coefficient (Wildman–Crippen LogP) is 5.61. The van der Waals surface area contributed by atoms with Gasteiger partial charge in [0.25, 0.3) is 0 Å². The topological polar surface area (TPSA) is 42.0 Å². The maximum atomic E-state index is 12.1. The summed E-state index contributed by atoms with van der Waals surface area (Å²) in [6, 6.07) is 15.4. The van der Waals surface area contributed by atoms with Gasteiger partial charge >= 0.3 is 0 Å². The Balaban J connectivity index is 1.55. The second kappa shape index (κ2) is 8.48. The van der Waals surface area contributed by atoms with Gasteiger partial charge < -0.3 is 5.32 Å². The monoisotopic (exact) mass is 390 g/mol. The number of rotatable bonds is 6. The number of nitrogens with one attached hydrogen (secondary N) is 1. The van der Waals surface area contributed by atoms with Crippen LogP contribution in [0.3, 0.4) is 0 Å². The molecule has 1 heterocycles. The predicted molar refractivity (Wildman–Crippen MR) is 105 cm³/mol. The summed E-state index contributed by atoms with van der Waals surface area (Å²) in [7, 11) is 0. The molecular weight excluding hydrogens is 375 g/mol. The lowest BCUT2D eigenvalue weighted by molar-refractivity contribution is -0.116. The summed E-state index contributed by atoms with van der Waals surface area (Å²) < 4.78 is 0. The average Bonchev–Trinajstić information content (AvgIpc) is 3.00. The minimum Gasteiger partial charge on any atom is -0.302 e. The fourth-order valence-electron chi connectivity index (χ4n) is 2.45. The third-order valence-corrected chi connectivity index (χ3v) is 4.93. The average molecular weight is 391 g/mol. The molecule has 0 aliphatic carbocycles. The highest BCUT2D eigenvalue weighted by Gasteiger charge is 2.08. The Labute approximate surface area is 160 Å². The molecule has 0 unspecified atom stereocenters. The summed E-state index contributed by atoms with van der Waals surface area (Å²) in [5.41, 5.74) is 2.17. The van der Waals surface area contributed by atoms with E-state index in [-0.39, 0.29) is 5.91 Å². The third kappa shape index (κ3) is 5.56. The highest BCUT2D eigenvalue weighted by atomic mass is 35.5. The summed E-state index contributed by atoms with van der Waals surface area (Å²) in [5, 5.41) is 4.69. The molecule has 0 radical (unpaired) electrons. The van der Waals surface area contributed by atoms with Crippen molar-refractivity contribution in [2.75, 3.05) is 5.32 Å². The molecule has 2 aromatic carbocycles. The van der Waals surface area contributed by atoms with Gasteiger partial charge in [-0.3, -0.25) is 4.79 Å². The Morgan fingerprint density at radius 1 is 1.04 bits per heavy atom. The fraction of sp³-hybridized carbons (Fsp3) is 0.158. The van der Waals surface area contributed by atoms with E-state index in [2.05, 4.69) is 10.3 Å². The second-order valence-corrected chi connectivity index (χ2v) is 7.61. The number of anilines is 1. The van der Waals surface area contributed by atoms with E-state index in [0.717, 1.165) is 16.0 Å². The number of carbonyl (C=O) groups excluding carboxylic acids is 1. The molecule has 0 bridgehead atoms. The number of nitrogens with zero attached hydrogens (tertiary/aromatic N) is 1. The number of aromatic nitrogens is 1. The van der Waals surface area contributed by atoms with Crippen molar-refractivity contribution in [3.8, 4) is 0 Å². The minimum atomic E-state index is -0.0319. The molecule has 0 fully saturated rings. The van der Waals surface area contributed by atoms with E-state index in [0.29, 0.717) is 34.4 Å². The number of halogens is 2. The third-order valence-electron chi connectivity index (χ3n) is 3.58. The van der Waals surface area contributed by atoms with Crippen LogP contribution in [0.1, 0.15) is 22.4 Å². The normalized spacial score (nSPS) is 10.6. The molecule has 25 heavy (non-hydrogen) atoms. The Hall–Kier alpha value is -1.88. The Morgan fingerprint density at radius 3 is 2.48 bits per heavy atom. The van der Waals surface area contributed by atoms with Crippen LogP contribution in [0.5, 0.6) is 0 Å². The van der Waals surface area contributed by atoms with Crippen LogP contribution in [0.15, 0.2) is 54.7 Å². The molecule has 0 spiro atoms. The molecule has 6 heteroatoms. The number of thiazole rings is 1. The molecular formula is C19H16Cl2N2OS. The molecule has 3 nitrogen and oxygen atoms in total. The van der Waals surface area contributed by atoms with Gasteiger partial charge in [0.1, 0.15) is 0 Å². The summed E-state index contributed by atoms with van der Waals surface area (Å²) in [4.78, 5) is 17.4. The standard InChI is InChI=1S/C19H16Cl2N2OS/c20-15-8-14(9-16(21)11-15)10-17-12-22-19(25-17)23-18(24)7-6-13-4-2-1-3-5-13/h1-5,8-9,11-12H,6-7,10H2,(H,22,23,24). The molecule has 0 saturated heterocycles. The lowest BCUT2D eigenvalue weighted by Gasteiger charge is -2.02. The van der Waals surface area contributed by atoms with Gasteiger partial charge in [-0.25, -0.2) is 4.98 Å². The molecule has 1 aromatic heterocycles. The largest absolute Gasteiger partial charge is 0.302 e. The fourth-order valence-corrected chi connectivity index (χ4v) is 3.88. The van der Waals surface area contributed by atoms with Crippen LogP contribution >= 0.6 is 34.5 Å². The van der Waals surface area contributed by atoms with Crippen molar-refractivity contribution in [1.82, 2.24) is 4.98 Å². The van der Waals surface area contributed by atoms with Gasteiger partial charge in [-0.05, 0) is 35.7 Å². The SMILES string of the molecule is O=C(CCc1ccccc1)Nc1ncc(Cc2cc(Cl)cc(Cl)c2)s1. The van der Waals surface area contributed by atoms with Gasteiger partial charge in [0.15, 0.2) is 5.13 Å². The molecule has 1 N–H and O–H groups in total. The second-order valence-electron chi connectivity index (χ2n) is 5.62. The lowest BCUT2D eigenvalue weighted by Crippen LogP contribution is -2.11. The van der Waals surface area contributed by atoms with E-state index in [9.17, 15) is 4.79 Å². The van der Waals surface area contributed by atoms with Crippen molar-refractivity contribution >= 4 is 45.6 Å². The van der Waals surface area contributed by atoms with Crippen LogP contribution in [0, 0.1) is 0 Å². The number of amides is 1. The van der Waals surface area contributed by atoms with Gasteiger partial charge in [-0.2, -0.15) is 0 Å². The molecule has 128 valence electrons. The zero-order chi connectivity index (χ0) is 17.6. The Morgan fingerprint density at radius 2 is 1.76 bits per heavy atom. The molecule has 1 amide bonds. The first-order valence-electron chi connectivity index (χ1n) is 7.82. The van der Waals surface area contributed by atoms with E-state index in [4.69, 9.17) is 23.2 Å². The van der Waals surface area contributed by atoms with Crippen LogP contribution in [0.2, 0.25) is 10.0 Å². The molecule has 0 atom stereocenters. The van der Waals surface area contributed by atoms with E-state index >= 15 is 0 Å². The lowest BCUT2D eigenvalue weighted by atomic mass is 10.1. The zero-order valence-electron chi connectivity index (χ0n) is 13.3. The van der Waals surface area contributed by atoms with Crippen LogP contribution in [0.25, 0.3) is 0 Å². The Bertz CT molecular complexity index is 845. The highest BCUT2D eigenvalue weighted by molar-refractivity contribution is 7.15. The number of aryl methyl sites for hydroxylation is 1. The van der Waals surface area contributed by atoms with Crippen molar-refractivity contribution in [3.63, 3.8) is 0 Å². The first kappa shape index (κ1) is 17.9. The molecule has 0 saturated carbocycles. The van der Waals surface area contributed by atoms with Crippen molar-refractivity contribution in [3.05, 3.63) is 80.8 Å². The number of hydrogen-bond acceptors (Lipinski definition) is 3. The molecule has 3 rings (SSSR count). The first-order chi connectivity index (χ1) is 12.1. The minimum absolute atomic E-state index is 0.0319. The van der Waals surface area contributed by atoms with Crippen molar-refractivity contribution < 1.29 is 4.79 Å². The zero-order valence-corrected chi connectivity index (χ0v) is 15.7. The maximum Gasteiger partial charge on any atom is 0.226 e. The van der Waals surface area contributed by atoms with Crippen molar-refractivity contribution in [2.24, 2.45) is 0 Å². The van der Waals surface area contributed by atoms with Gasteiger partial charge in [-0.1, -0.05) is 53.5 Å². The quantitative estimate of drug-likeness (QED) is 0.593. The molecule has 3 aromatic rings. The first-order valence-corrected chi connectivity index (χ1v) is 9.39. The van der Waals surface area contributed by atoms with Gasteiger partial charge in [0.2, 0.25) is 5.91 Å². The van der Waals surface area contributed by atoms with Gasteiger partial charge in [0.05, 0.1) is 0 Å². The number of hydrogen-bond donors (Lipinski definition) is 1. The van der Waals surface area contributed by atoms with E-state index in [1.807, 2.05) is 42.5 Å². The highest BCUT2D eigenvalue weighted by Crippen LogP contribution is 2.25. The van der Waals surface area contributed by atoms with Gasteiger partial charge in [0, 0.05) is 34.0 Å². The van der Waals surface area contributed by atoms with E-state index < -0.39 is 0 Å². The number of carbonyl (C=O) groups is 1. The van der Waals surface area contributed by atoms with Crippen molar-refractivity contribution in [2.45, 2.75) is 19.3 Å². The summed E-state index contributed by atoms with van der Waals surface area (Å²) >= 11 is 13.5. The maximum absolute atomic E-state index is 12.1. The van der Waals surface area contributed by atoms with Gasteiger partial charge in [-0.15, -0.1) is 11.3 Å². The van der Waals surface area contributed by atoms with Crippen LogP contribution in [0.4, 0.5) is 5.13 Å². The smallest absolute Gasteiger partial charge is 0.226 e. The molecule has 0 aliphatic heterocycles. The summed E-state index contributed by atoms with van der Waals surface area (Å²) in [6.07, 6.45) is 3.60. The Kier molecular flexibility index (Phi) is 6.08. The molecule has 0 aliphatic rings. The van der Waals surface area contributed by atoms with Crippen LogP contribution in [-0.4, -0.2) is 10.9 Å². The number of benzene rings is 2. The van der Waals surface area contributed by atoms with Crippen LogP contribution < -0.4 is 5.32 Å². The van der Waals surface area contributed by atoms with Crippen molar-refractivity contribution in [1.29, 1.82) is 0 Å². The summed E-state index contributed by atoms with van der Waals surface area (Å²) in [6.45, 7) is 0.